The zero-order chi connectivity index (χ0) is 15.8. The lowest BCUT2D eigenvalue weighted by molar-refractivity contribution is 0.0596. The third kappa shape index (κ3) is 4.94. The lowest BCUT2D eigenvalue weighted by Crippen LogP contribution is -2.00. The number of hydrogen-bond acceptors (Lipinski definition) is 6. The van der Waals surface area contributed by atoms with Crippen molar-refractivity contribution >= 4 is 50.5 Å². The van der Waals surface area contributed by atoms with Crippen molar-refractivity contribution in [2.45, 2.75) is 12.3 Å². The molecule has 21 heavy (non-hydrogen) atoms. The van der Waals surface area contributed by atoms with E-state index >= 15 is 0 Å². The van der Waals surface area contributed by atoms with Gasteiger partial charge in [0.25, 0.3) is 0 Å². The summed E-state index contributed by atoms with van der Waals surface area (Å²) in [6.07, 6.45) is 0. The van der Waals surface area contributed by atoms with Gasteiger partial charge in [-0.3, -0.25) is 0 Å². The van der Waals surface area contributed by atoms with Crippen molar-refractivity contribution in [3.05, 3.63) is 43.8 Å². The normalized spacial score (nSPS) is 9.52. The fourth-order valence-corrected chi connectivity index (χ4v) is 3.72. The van der Waals surface area contributed by atoms with E-state index < -0.39 is 0 Å². The Morgan fingerprint density at radius 3 is 2.05 bits per heavy atom. The van der Waals surface area contributed by atoms with Crippen LogP contribution in [0.4, 0.5) is 0 Å². The topological polar surface area (TPSA) is 52.6 Å². The molecular weight excluding hydrogens is 376 g/mol. The Morgan fingerprint density at radius 1 is 1.05 bits per heavy atom. The molecule has 0 unspecified atom stereocenters. The van der Waals surface area contributed by atoms with Gasteiger partial charge in [-0.25, -0.2) is 9.59 Å². The second kappa shape index (κ2) is 8.96. The van der Waals surface area contributed by atoms with Crippen LogP contribution in [0, 0.1) is 6.92 Å². The summed E-state index contributed by atoms with van der Waals surface area (Å²) in [5.41, 5.74) is 1.97. The molecule has 0 bridgehead atoms. The number of hydrogen-bond donors (Lipinski definition) is 0. The highest BCUT2D eigenvalue weighted by Gasteiger charge is 2.11. The summed E-state index contributed by atoms with van der Waals surface area (Å²) in [5, 5.41) is 4.45. The van der Waals surface area contributed by atoms with Crippen LogP contribution < -0.4 is 0 Å². The van der Waals surface area contributed by atoms with E-state index in [0.29, 0.717) is 15.1 Å². The maximum atomic E-state index is 11.0. The van der Waals surface area contributed by atoms with Gasteiger partial charge >= 0.3 is 11.9 Å². The van der Waals surface area contributed by atoms with Gasteiger partial charge in [0, 0.05) is 5.33 Å². The minimum Gasteiger partial charge on any atom is -0.465 e. The van der Waals surface area contributed by atoms with E-state index in [1.54, 1.807) is 0 Å². The third-order valence-electron chi connectivity index (χ3n) is 2.49. The molecule has 0 amide bonds. The molecule has 2 rings (SSSR count). The average Bonchev–Trinajstić information content (AvgIpc) is 3.14. The molecule has 2 aromatic rings. The largest absolute Gasteiger partial charge is 0.465 e. The van der Waals surface area contributed by atoms with Crippen molar-refractivity contribution < 1.29 is 19.1 Å². The molecule has 0 fully saturated rings. The first-order valence-corrected chi connectivity index (χ1v) is 8.76. The van der Waals surface area contributed by atoms with E-state index in [1.807, 2.05) is 29.8 Å². The van der Waals surface area contributed by atoms with E-state index in [-0.39, 0.29) is 11.9 Å². The van der Waals surface area contributed by atoms with Gasteiger partial charge < -0.3 is 9.47 Å². The number of alkyl halides is 1. The van der Waals surface area contributed by atoms with Crippen LogP contribution in [0.25, 0.3) is 0 Å². The van der Waals surface area contributed by atoms with Gasteiger partial charge in [-0.15, -0.1) is 22.7 Å². The molecule has 0 N–H and O–H groups in total. The lowest BCUT2D eigenvalue weighted by atomic mass is 10.3. The Labute approximate surface area is 139 Å². The van der Waals surface area contributed by atoms with Crippen LogP contribution in [0.15, 0.2) is 22.9 Å². The molecule has 0 atom stereocenters. The maximum Gasteiger partial charge on any atom is 0.348 e. The van der Waals surface area contributed by atoms with Gasteiger partial charge in [0.2, 0.25) is 0 Å². The molecule has 0 radical (unpaired) electrons. The smallest absolute Gasteiger partial charge is 0.348 e. The molecule has 7 heteroatoms. The Balaban J connectivity index is 0.000000211. The van der Waals surface area contributed by atoms with Crippen LogP contribution in [0.1, 0.15) is 30.5 Å². The average molecular weight is 391 g/mol. The van der Waals surface area contributed by atoms with Crippen molar-refractivity contribution in [3.8, 4) is 0 Å². The highest BCUT2D eigenvalue weighted by Crippen LogP contribution is 2.19. The Bertz CT molecular complexity index is 604. The third-order valence-corrected chi connectivity index (χ3v) is 5.03. The van der Waals surface area contributed by atoms with E-state index in [2.05, 4.69) is 25.4 Å². The van der Waals surface area contributed by atoms with Gasteiger partial charge in [0.1, 0.15) is 9.75 Å². The van der Waals surface area contributed by atoms with Crippen LogP contribution in [-0.2, 0) is 14.8 Å². The first-order chi connectivity index (χ1) is 10.0. The number of carbonyl (C=O) groups is 2. The SMILES string of the molecule is COC(=O)c1sccc1C.COC(=O)c1sccc1CBr. The number of methoxy groups -OCH3 is 2. The van der Waals surface area contributed by atoms with Crippen molar-refractivity contribution in [1.82, 2.24) is 0 Å². The standard InChI is InChI=1S/C7H7BrO2S.C7H8O2S/c1-10-7(9)6-5(4-8)2-3-11-6;1-5-3-4-10-6(5)7(8)9-2/h2-3H,4H2,1H3;3-4H,1-2H3. The van der Waals surface area contributed by atoms with Gasteiger partial charge in [-0.1, -0.05) is 15.9 Å². The molecular formula is C14H15BrO4S2. The summed E-state index contributed by atoms with van der Waals surface area (Å²) in [5.74, 6) is -0.498. The molecule has 0 aliphatic heterocycles. The predicted octanol–water partition coefficient (Wildman–Crippen LogP) is 4.27. The van der Waals surface area contributed by atoms with Gasteiger partial charge in [0.15, 0.2) is 0 Å². The van der Waals surface area contributed by atoms with Crippen molar-refractivity contribution in [3.63, 3.8) is 0 Å². The summed E-state index contributed by atoms with van der Waals surface area (Å²) in [6, 6.07) is 3.81. The summed E-state index contributed by atoms with van der Waals surface area (Å²) < 4.78 is 9.13. The van der Waals surface area contributed by atoms with Gasteiger partial charge in [-0.05, 0) is 40.9 Å². The lowest BCUT2D eigenvalue weighted by Gasteiger charge is -1.96. The molecule has 4 nitrogen and oxygen atoms in total. The van der Waals surface area contributed by atoms with Crippen molar-refractivity contribution in [2.24, 2.45) is 0 Å². The number of esters is 2. The second-order valence-electron chi connectivity index (χ2n) is 3.82. The zero-order valence-electron chi connectivity index (χ0n) is 11.8. The van der Waals surface area contributed by atoms with Crippen molar-refractivity contribution in [1.29, 1.82) is 0 Å². The van der Waals surface area contributed by atoms with Crippen LogP contribution in [0.5, 0.6) is 0 Å². The molecule has 0 aliphatic carbocycles. The van der Waals surface area contributed by atoms with E-state index in [0.717, 1.165) is 11.1 Å². The first-order valence-electron chi connectivity index (χ1n) is 5.88. The fraction of sp³-hybridized carbons (Fsp3) is 0.286. The van der Waals surface area contributed by atoms with Gasteiger partial charge in [-0.2, -0.15) is 0 Å². The van der Waals surface area contributed by atoms with Crippen LogP contribution in [0.3, 0.4) is 0 Å². The summed E-state index contributed by atoms with van der Waals surface area (Å²) in [6.45, 7) is 1.89. The monoisotopic (exact) mass is 390 g/mol. The Hall–Kier alpha value is -1.18. The zero-order valence-corrected chi connectivity index (χ0v) is 15.1. The summed E-state index contributed by atoms with van der Waals surface area (Å²) in [4.78, 5) is 23.3. The Kier molecular flexibility index (Phi) is 7.63. The first kappa shape index (κ1) is 17.9. The fourth-order valence-electron chi connectivity index (χ4n) is 1.39. The van der Waals surface area contributed by atoms with E-state index in [4.69, 9.17) is 0 Å². The number of rotatable bonds is 3. The van der Waals surface area contributed by atoms with Crippen LogP contribution in [-0.4, -0.2) is 26.2 Å². The number of halogens is 1. The number of ether oxygens (including phenoxy) is 2. The highest BCUT2D eigenvalue weighted by atomic mass is 79.9. The molecule has 0 spiro atoms. The molecule has 0 saturated heterocycles. The van der Waals surface area contributed by atoms with Crippen LogP contribution in [0.2, 0.25) is 0 Å². The maximum absolute atomic E-state index is 11.0. The highest BCUT2D eigenvalue weighted by molar-refractivity contribution is 9.08. The molecule has 0 aromatic carbocycles. The number of thiophene rings is 2. The summed E-state index contributed by atoms with van der Waals surface area (Å²) in [7, 11) is 2.78. The molecule has 2 heterocycles. The van der Waals surface area contributed by atoms with E-state index in [9.17, 15) is 9.59 Å². The quantitative estimate of drug-likeness (QED) is 0.579. The Morgan fingerprint density at radius 2 is 1.57 bits per heavy atom. The predicted molar refractivity (Wildman–Crippen MR) is 88.7 cm³/mol. The number of aryl methyl sites for hydroxylation is 1. The van der Waals surface area contributed by atoms with Crippen molar-refractivity contribution in [2.75, 3.05) is 14.2 Å². The van der Waals surface area contributed by atoms with E-state index in [1.165, 1.54) is 36.9 Å². The minimum atomic E-state index is -0.255. The van der Waals surface area contributed by atoms with Gasteiger partial charge in [0.05, 0.1) is 14.2 Å². The number of carbonyl (C=O) groups excluding carboxylic acids is 2. The minimum absolute atomic E-state index is 0.243. The second-order valence-corrected chi connectivity index (χ2v) is 6.22. The molecule has 114 valence electrons. The molecule has 0 aliphatic rings. The molecule has 0 saturated carbocycles. The van der Waals surface area contributed by atoms with Crippen LogP contribution >= 0.6 is 38.6 Å². The summed E-state index contributed by atoms with van der Waals surface area (Å²) >= 11 is 6.09. The molecule has 2 aromatic heterocycles.